The number of rotatable bonds is 16. The number of carbonyl (C=O) groups excluding carboxylic acids is 3. The Morgan fingerprint density at radius 2 is 1.28 bits per heavy atom. The van der Waals surface area contributed by atoms with E-state index in [4.69, 9.17) is 5.73 Å². The van der Waals surface area contributed by atoms with Crippen LogP contribution < -0.4 is 5.73 Å². The second-order valence-corrected chi connectivity index (χ2v) is 6.75. The maximum absolute atomic E-state index is 12.2. The third kappa shape index (κ3) is 8.10. The summed E-state index contributed by atoms with van der Waals surface area (Å²) in [6, 6.07) is 0. The number of carbonyl (C=O) groups is 3. The van der Waals surface area contributed by atoms with Crippen molar-refractivity contribution in [3.05, 3.63) is 0 Å². The number of hydrogen-bond acceptors (Lipinski definition) is 5. The SMILES string of the molecule is CCCCCCCC(=O)C(O)C(O)(C(N)=O)C(=O)CCCCCCC. The van der Waals surface area contributed by atoms with Gasteiger partial charge in [-0.15, -0.1) is 0 Å². The number of nitrogens with two attached hydrogens (primary N) is 1. The third-order valence-corrected chi connectivity index (χ3v) is 4.54. The lowest BCUT2D eigenvalue weighted by Crippen LogP contribution is -2.61. The van der Waals surface area contributed by atoms with Gasteiger partial charge in [0.2, 0.25) is 5.60 Å². The average molecular weight is 357 g/mol. The van der Waals surface area contributed by atoms with E-state index >= 15 is 0 Å². The standard InChI is InChI=1S/C19H35NO5/c1-3-5-7-9-11-13-15(21)17(23)19(25,18(20)24)16(22)14-12-10-8-6-4-2/h17,23,25H,3-14H2,1-2H3,(H2,20,24). The maximum atomic E-state index is 12.2. The van der Waals surface area contributed by atoms with E-state index in [1.807, 2.05) is 0 Å². The van der Waals surface area contributed by atoms with E-state index in [0.29, 0.717) is 12.8 Å². The van der Waals surface area contributed by atoms with E-state index in [9.17, 15) is 24.6 Å². The van der Waals surface area contributed by atoms with Crippen LogP contribution in [0.2, 0.25) is 0 Å². The molecule has 1 amide bonds. The van der Waals surface area contributed by atoms with Crippen LogP contribution in [0.15, 0.2) is 0 Å². The van der Waals surface area contributed by atoms with Crippen molar-refractivity contribution in [3.8, 4) is 0 Å². The third-order valence-electron chi connectivity index (χ3n) is 4.54. The second-order valence-electron chi connectivity index (χ2n) is 6.75. The van der Waals surface area contributed by atoms with Gasteiger partial charge >= 0.3 is 0 Å². The fourth-order valence-corrected chi connectivity index (χ4v) is 2.78. The molecule has 0 aliphatic carbocycles. The summed E-state index contributed by atoms with van der Waals surface area (Å²) < 4.78 is 0. The topological polar surface area (TPSA) is 118 Å². The Balaban J connectivity index is 4.61. The van der Waals surface area contributed by atoms with E-state index in [-0.39, 0.29) is 12.8 Å². The van der Waals surface area contributed by atoms with Crippen LogP contribution >= 0.6 is 0 Å². The van der Waals surface area contributed by atoms with Crippen molar-refractivity contribution in [2.75, 3.05) is 0 Å². The molecular formula is C19H35NO5. The molecule has 0 radical (unpaired) electrons. The molecule has 0 aromatic heterocycles. The number of Topliss-reactive ketones (excluding diaryl/α,β-unsaturated/α-hetero) is 2. The Morgan fingerprint density at radius 3 is 1.72 bits per heavy atom. The molecule has 0 aliphatic heterocycles. The van der Waals surface area contributed by atoms with Gasteiger partial charge in [0.05, 0.1) is 0 Å². The molecule has 0 aromatic carbocycles. The van der Waals surface area contributed by atoms with Crippen molar-refractivity contribution >= 4 is 17.5 Å². The summed E-state index contributed by atoms with van der Waals surface area (Å²) in [5, 5.41) is 20.4. The van der Waals surface area contributed by atoms with E-state index in [1.54, 1.807) is 0 Å². The van der Waals surface area contributed by atoms with Gasteiger partial charge in [0, 0.05) is 12.8 Å². The van der Waals surface area contributed by atoms with Gasteiger partial charge in [0.15, 0.2) is 17.7 Å². The average Bonchev–Trinajstić information content (AvgIpc) is 2.59. The Bertz CT molecular complexity index is 424. The Labute approximate surface area is 151 Å². The fourth-order valence-electron chi connectivity index (χ4n) is 2.78. The van der Waals surface area contributed by atoms with Crippen molar-refractivity contribution in [1.29, 1.82) is 0 Å². The Morgan fingerprint density at radius 1 is 0.840 bits per heavy atom. The molecule has 0 rings (SSSR count). The number of aliphatic hydroxyl groups excluding tert-OH is 1. The molecule has 0 heterocycles. The van der Waals surface area contributed by atoms with Gasteiger partial charge in [-0.25, -0.2) is 0 Å². The summed E-state index contributed by atoms with van der Waals surface area (Å²) in [7, 11) is 0. The smallest absolute Gasteiger partial charge is 0.260 e. The number of aliphatic hydroxyl groups is 2. The van der Waals surface area contributed by atoms with E-state index < -0.39 is 29.2 Å². The van der Waals surface area contributed by atoms with Crippen LogP contribution in [0.5, 0.6) is 0 Å². The summed E-state index contributed by atoms with van der Waals surface area (Å²) in [6.45, 7) is 4.15. The molecule has 0 spiro atoms. The van der Waals surface area contributed by atoms with E-state index in [1.165, 1.54) is 0 Å². The molecule has 6 nitrogen and oxygen atoms in total. The van der Waals surface area contributed by atoms with Gasteiger partial charge < -0.3 is 15.9 Å². The summed E-state index contributed by atoms with van der Waals surface area (Å²) in [5.74, 6) is -2.95. The molecule has 0 aromatic rings. The fraction of sp³-hybridized carbons (Fsp3) is 0.842. The quantitative estimate of drug-likeness (QED) is 0.290. The molecule has 0 saturated carbocycles. The molecule has 146 valence electrons. The molecule has 2 unspecified atom stereocenters. The molecule has 25 heavy (non-hydrogen) atoms. The molecule has 4 N–H and O–H groups in total. The minimum atomic E-state index is -2.81. The highest BCUT2D eigenvalue weighted by atomic mass is 16.4. The highest BCUT2D eigenvalue weighted by molar-refractivity contribution is 6.13. The zero-order valence-corrected chi connectivity index (χ0v) is 15.8. The number of hydrogen-bond donors (Lipinski definition) is 3. The first-order chi connectivity index (χ1) is 11.8. The summed E-state index contributed by atoms with van der Waals surface area (Å²) in [5.41, 5.74) is 2.32. The molecule has 0 bridgehead atoms. The first-order valence-corrected chi connectivity index (χ1v) is 9.58. The highest BCUT2D eigenvalue weighted by Crippen LogP contribution is 2.20. The molecular weight excluding hydrogens is 322 g/mol. The predicted molar refractivity (Wildman–Crippen MR) is 96.9 cm³/mol. The first kappa shape index (κ1) is 23.7. The summed E-state index contributed by atoms with van der Waals surface area (Å²) in [4.78, 5) is 35.9. The Kier molecular flexibility index (Phi) is 12.3. The van der Waals surface area contributed by atoms with E-state index in [0.717, 1.165) is 51.4 Å². The number of amides is 1. The maximum Gasteiger partial charge on any atom is 0.260 e. The zero-order chi connectivity index (χ0) is 19.3. The minimum Gasteiger partial charge on any atom is -0.381 e. The van der Waals surface area contributed by atoms with Gasteiger partial charge in [0.25, 0.3) is 5.91 Å². The van der Waals surface area contributed by atoms with Gasteiger partial charge in [0.1, 0.15) is 0 Å². The van der Waals surface area contributed by atoms with Crippen LogP contribution in [0.1, 0.15) is 90.9 Å². The van der Waals surface area contributed by atoms with Crippen molar-refractivity contribution < 1.29 is 24.6 Å². The molecule has 0 fully saturated rings. The number of ketones is 2. The van der Waals surface area contributed by atoms with Crippen molar-refractivity contribution in [3.63, 3.8) is 0 Å². The van der Waals surface area contributed by atoms with Gasteiger partial charge in [-0.05, 0) is 12.8 Å². The Hall–Kier alpha value is -1.27. The second kappa shape index (κ2) is 13.0. The van der Waals surface area contributed by atoms with Crippen molar-refractivity contribution in [1.82, 2.24) is 0 Å². The highest BCUT2D eigenvalue weighted by Gasteiger charge is 2.50. The number of unbranched alkanes of at least 4 members (excludes halogenated alkanes) is 8. The largest absolute Gasteiger partial charge is 0.381 e. The van der Waals surface area contributed by atoms with E-state index in [2.05, 4.69) is 13.8 Å². The minimum absolute atomic E-state index is 0.0181. The van der Waals surface area contributed by atoms with Crippen LogP contribution in [-0.4, -0.2) is 39.4 Å². The summed E-state index contributed by atoms with van der Waals surface area (Å²) >= 11 is 0. The molecule has 0 aliphatic rings. The monoisotopic (exact) mass is 357 g/mol. The molecule has 0 saturated heterocycles. The molecule has 6 heteroatoms. The van der Waals surface area contributed by atoms with Crippen molar-refractivity contribution in [2.45, 2.75) is 103 Å². The lowest BCUT2D eigenvalue weighted by molar-refractivity contribution is -0.168. The summed E-state index contributed by atoms with van der Waals surface area (Å²) in [6.07, 6.45) is 6.70. The normalized spacial score (nSPS) is 14.7. The van der Waals surface area contributed by atoms with Gasteiger partial charge in [-0.3, -0.25) is 14.4 Å². The van der Waals surface area contributed by atoms with Gasteiger partial charge in [-0.2, -0.15) is 0 Å². The van der Waals surface area contributed by atoms with Crippen molar-refractivity contribution in [2.24, 2.45) is 5.73 Å². The predicted octanol–water partition coefficient (Wildman–Crippen LogP) is 2.42. The van der Waals surface area contributed by atoms with Gasteiger partial charge in [-0.1, -0.05) is 65.2 Å². The van der Waals surface area contributed by atoms with Crippen LogP contribution in [0, 0.1) is 0 Å². The number of primary amides is 1. The zero-order valence-electron chi connectivity index (χ0n) is 15.8. The van der Waals surface area contributed by atoms with Crippen LogP contribution in [0.4, 0.5) is 0 Å². The van der Waals surface area contributed by atoms with Crippen LogP contribution in [0.25, 0.3) is 0 Å². The lowest BCUT2D eigenvalue weighted by Gasteiger charge is -2.27. The van der Waals surface area contributed by atoms with Crippen LogP contribution in [0.3, 0.4) is 0 Å². The lowest BCUT2D eigenvalue weighted by atomic mass is 9.84. The van der Waals surface area contributed by atoms with Crippen LogP contribution in [-0.2, 0) is 14.4 Å². The first-order valence-electron chi connectivity index (χ1n) is 9.58. The molecule has 2 atom stereocenters.